The number of hydrogen-bond acceptors (Lipinski definition) is 3. The molecule has 0 unspecified atom stereocenters. The number of Topliss-reactive ketones (excluding diaryl/α,β-unsaturated/α-hetero) is 1. The van der Waals surface area contributed by atoms with Crippen molar-refractivity contribution in [2.75, 3.05) is 0 Å². The third-order valence-corrected chi connectivity index (χ3v) is 6.95. The molecule has 0 bridgehead atoms. The summed E-state index contributed by atoms with van der Waals surface area (Å²) < 4.78 is 0. The van der Waals surface area contributed by atoms with Gasteiger partial charge in [-0.2, -0.15) is 0 Å². The lowest BCUT2D eigenvalue weighted by molar-refractivity contribution is 0.0696. The fourth-order valence-electron chi connectivity index (χ4n) is 4.47. The number of fused-ring (bicyclic) bond motifs is 5. The first-order chi connectivity index (χ1) is 16.1. The number of aromatic carboxylic acids is 1. The Hall–Kier alpha value is -3.63. The van der Waals surface area contributed by atoms with Gasteiger partial charge in [-0.15, -0.1) is 0 Å². The van der Waals surface area contributed by atoms with E-state index in [-0.39, 0.29) is 5.78 Å². The summed E-state index contributed by atoms with van der Waals surface area (Å²) in [5.41, 5.74) is 3.58. The van der Waals surface area contributed by atoms with E-state index < -0.39 is 5.97 Å². The van der Waals surface area contributed by atoms with Crippen molar-refractivity contribution in [3.8, 4) is 0 Å². The summed E-state index contributed by atoms with van der Waals surface area (Å²) in [6.45, 7) is 0. The molecule has 3 aliphatic rings. The second-order valence-electron chi connectivity index (χ2n) is 8.11. The van der Waals surface area contributed by atoms with Crippen LogP contribution in [0.1, 0.15) is 44.7 Å². The summed E-state index contributed by atoms with van der Waals surface area (Å²) in [5, 5.41) is 15.3. The highest BCUT2D eigenvalue weighted by Gasteiger charge is 2.17. The van der Waals surface area contributed by atoms with Crippen molar-refractivity contribution < 1.29 is 14.7 Å². The van der Waals surface area contributed by atoms with E-state index in [4.69, 9.17) is 5.11 Å². The van der Waals surface area contributed by atoms with E-state index in [9.17, 15) is 9.59 Å². The molecule has 0 saturated carbocycles. The van der Waals surface area contributed by atoms with E-state index in [2.05, 4.69) is 24.3 Å². The average molecular weight is 451 g/mol. The molecule has 0 fully saturated rings. The molecular weight excluding hydrogens is 428 g/mol. The molecule has 0 radical (unpaired) electrons. The van der Waals surface area contributed by atoms with Crippen LogP contribution in [0.5, 0.6) is 0 Å². The lowest BCUT2D eigenvalue weighted by Crippen LogP contribution is -2.22. The first-order valence-electron chi connectivity index (χ1n) is 11.0. The van der Waals surface area contributed by atoms with Crippen LogP contribution < -0.4 is 10.4 Å². The largest absolute Gasteiger partial charge is 0.478 e. The first-order valence-corrected chi connectivity index (χ1v) is 11.8. The Morgan fingerprint density at radius 1 is 0.939 bits per heavy atom. The van der Waals surface area contributed by atoms with Crippen LogP contribution in [0.4, 0.5) is 0 Å². The number of allylic oxidation sites excluding steroid dienone is 2. The summed E-state index contributed by atoms with van der Waals surface area (Å²) in [4.78, 5) is 24.2. The predicted molar refractivity (Wildman–Crippen MR) is 133 cm³/mol. The van der Waals surface area contributed by atoms with Crippen LogP contribution in [-0.2, 0) is 6.42 Å². The molecule has 0 amide bonds. The molecule has 2 aliphatic carbocycles. The standard InChI is InChI=1S/C18H14O.C11H8O2S/c19-17-11-13-6-2-3-7-14(13)16-10-9-12-5-1-4-8-15(12)18(16)17;12-11(13)9-5-4-8-3-1-2-6-14-10(8)7-9/h2-3,5-7,9-11H,1,4,8H2;1-7H,(H,12,13). The molecule has 1 aliphatic heterocycles. The Balaban J connectivity index is 0.000000146. The molecule has 3 aromatic rings. The van der Waals surface area contributed by atoms with Crippen LogP contribution in [0.2, 0.25) is 0 Å². The first kappa shape index (κ1) is 21.2. The normalized spacial score (nSPS) is 14.7. The lowest BCUT2D eigenvalue weighted by Gasteiger charge is -2.15. The SMILES string of the molecule is O=C(O)c1ccc2c(c1)SC=CC=C2.O=C1C=c2ccccc2=c2ccc3c(c21)CCCC=3. The Labute approximate surface area is 195 Å². The molecule has 0 atom stereocenters. The van der Waals surface area contributed by atoms with Crippen molar-refractivity contribution in [1.82, 2.24) is 0 Å². The minimum atomic E-state index is -0.884. The van der Waals surface area contributed by atoms with Crippen molar-refractivity contribution in [3.63, 3.8) is 0 Å². The van der Waals surface area contributed by atoms with Gasteiger partial charge >= 0.3 is 5.97 Å². The van der Waals surface area contributed by atoms with Gasteiger partial charge in [0.15, 0.2) is 5.78 Å². The van der Waals surface area contributed by atoms with Gasteiger partial charge < -0.3 is 5.11 Å². The zero-order chi connectivity index (χ0) is 22.8. The number of ketones is 1. The summed E-state index contributed by atoms with van der Waals surface area (Å²) in [7, 11) is 0. The second-order valence-corrected chi connectivity index (χ2v) is 9.06. The number of rotatable bonds is 1. The zero-order valence-corrected chi connectivity index (χ0v) is 18.8. The van der Waals surface area contributed by atoms with Crippen LogP contribution >= 0.6 is 11.8 Å². The molecule has 33 heavy (non-hydrogen) atoms. The molecule has 0 saturated heterocycles. The molecule has 6 rings (SSSR count). The number of hydrogen-bond donors (Lipinski definition) is 1. The topological polar surface area (TPSA) is 54.4 Å². The van der Waals surface area contributed by atoms with E-state index in [0.717, 1.165) is 45.7 Å². The number of thioether (sulfide) groups is 1. The lowest BCUT2D eigenvalue weighted by atomic mass is 9.88. The second kappa shape index (κ2) is 9.08. The predicted octanol–water partition coefficient (Wildman–Crippen LogP) is 5.08. The summed E-state index contributed by atoms with van der Waals surface area (Å²) in [6, 6.07) is 17.6. The van der Waals surface area contributed by atoms with Crippen LogP contribution in [0.25, 0.3) is 18.2 Å². The number of carboxylic acids is 1. The molecule has 1 N–H and O–H groups in total. The van der Waals surface area contributed by atoms with Gasteiger partial charge in [-0.05, 0) is 74.9 Å². The van der Waals surface area contributed by atoms with Crippen molar-refractivity contribution in [1.29, 1.82) is 0 Å². The Kier molecular flexibility index (Phi) is 5.84. The maximum Gasteiger partial charge on any atom is 0.335 e. The van der Waals surface area contributed by atoms with Gasteiger partial charge in [-0.1, -0.05) is 78.5 Å². The smallest absolute Gasteiger partial charge is 0.335 e. The molecule has 3 nitrogen and oxygen atoms in total. The van der Waals surface area contributed by atoms with Crippen LogP contribution in [0.3, 0.4) is 0 Å². The monoisotopic (exact) mass is 450 g/mol. The van der Waals surface area contributed by atoms with Gasteiger partial charge in [0.1, 0.15) is 0 Å². The maximum atomic E-state index is 12.5. The van der Waals surface area contributed by atoms with Gasteiger partial charge in [0, 0.05) is 10.5 Å². The Bertz CT molecular complexity index is 1560. The van der Waals surface area contributed by atoms with E-state index in [0.29, 0.717) is 5.56 Å². The van der Waals surface area contributed by atoms with E-state index in [1.54, 1.807) is 18.2 Å². The van der Waals surface area contributed by atoms with Gasteiger partial charge in [-0.25, -0.2) is 4.79 Å². The summed E-state index contributed by atoms with van der Waals surface area (Å²) >= 11 is 1.53. The average Bonchev–Trinajstić information content (AvgIpc) is 3.09. The van der Waals surface area contributed by atoms with E-state index >= 15 is 0 Å². The number of carbonyl (C=O) groups excluding carboxylic acids is 1. The van der Waals surface area contributed by atoms with Crippen LogP contribution in [0.15, 0.2) is 77.1 Å². The third-order valence-electron chi connectivity index (χ3n) is 6.05. The molecule has 0 spiro atoms. The fraction of sp³-hybridized carbons (Fsp3) is 0.103. The highest BCUT2D eigenvalue weighted by Crippen LogP contribution is 2.28. The molecule has 4 heteroatoms. The third kappa shape index (κ3) is 4.22. The number of benzene rings is 3. The molecular formula is C29H22O3S. The van der Waals surface area contributed by atoms with Gasteiger partial charge in [0.05, 0.1) is 5.56 Å². The van der Waals surface area contributed by atoms with Gasteiger partial charge in [0.25, 0.3) is 0 Å². The fourth-order valence-corrected chi connectivity index (χ4v) is 5.26. The Morgan fingerprint density at radius 2 is 1.82 bits per heavy atom. The van der Waals surface area contributed by atoms with E-state index in [1.807, 2.05) is 47.9 Å². The van der Waals surface area contributed by atoms with Crippen molar-refractivity contribution >= 4 is 41.7 Å². The van der Waals surface area contributed by atoms with Crippen molar-refractivity contribution in [2.24, 2.45) is 0 Å². The van der Waals surface area contributed by atoms with Crippen LogP contribution in [-0.4, -0.2) is 16.9 Å². The molecule has 3 aromatic carbocycles. The van der Waals surface area contributed by atoms with Crippen LogP contribution in [0, 0.1) is 10.4 Å². The minimum Gasteiger partial charge on any atom is -0.478 e. The summed E-state index contributed by atoms with van der Waals surface area (Å²) in [6.07, 6.45) is 13.2. The highest BCUT2D eigenvalue weighted by atomic mass is 32.2. The minimum absolute atomic E-state index is 0.167. The number of carbonyl (C=O) groups is 2. The van der Waals surface area contributed by atoms with E-state index in [1.165, 1.54) is 27.8 Å². The van der Waals surface area contributed by atoms with Gasteiger partial charge in [-0.3, -0.25) is 4.79 Å². The summed E-state index contributed by atoms with van der Waals surface area (Å²) in [5.74, 6) is -0.716. The van der Waals surface area contributed by atoms with Gasteiger partial charge in [0.2, 0.25) is 0 Å². The zero-order valence-electron chi connectivity index (χ0n) is 18.0. The molecule has 1 heterocycles. The molecule has 162 valence electrons. The maximum absolute atomic E-state index is 12.5. The number of carboxylic acid groups (broad SMARTS) is 1. The highest BCUT2D eigenvalue weighted by molar-refractivity contribution is 8.02. The van der Waals surface area contributed by atoms with Crippen molar-refractivity contribution in [2.45, 2.75) is 24.2 Å². The Morgan fingerprint density at radius 3 is 2.70 bits per heavy atom. The van der Waals surface area contributed by atoms with Crippen molar-refractivity contribution in [3.05, 3.63) is 115 Å². The quantitative estimate of drug-likeness (QED) is 0.562. The molecule has 0 aromatic heterocycles.